The molecule has 2 heterocycles. The molecular formula is C16H19N3O. The SMILES string of the molecule is CCNC(Cc1nc2ccccc2n1C)c1ccoc1. The van der Waals surface area contributed by atoms with Gasteiger partial charge in [-0.2, -0.15) is 0 Å². The van der Waals surface area contributed by atoms with E-state index in [4.69, 9.17) is 9.40 Å². The molecule has 1 atom stereocenters. The standard InChI is InChI=1S/C16H19N3O/c1-3-17-14(12-8-9-20-11-12)10-16-18-13-6-4-5-7-15(13)19(16)2/h4-9,11,14,17H,3,10H2,1-2H3. The number of hydrogen-bond acceptors (Lipinski definition) is 3. The van der Waals surface area contributed by atoms with Crippen LogP contribution in [-0.2, 0) is 13.5 Å². The van der Waals surface area contributed by atoms with Gasteiger partial charge in [0, 0.05) is 25.1 Å². The molecule has 0 spiro atoms. The first-order chi connectivity index (χ1) is 9.79. The number of imidazole rings is 1. The summed E-state index contributed by atoms with van der Waals surface area (Å²) in [5.74, 6) is 1.08. The molecule has 4 heteroatoms. The third-order valence-electron chi connectivity index (χ3n) is 3.66. The van der Waals surface area contributed by atoms with Crippen LogP contribution in [0.5, 0.6) is 0 Å². The quantitative estimate of drug-likeness (QED) is 0.774. The van der Waals surface area contributed by atoms with Crippen molar-refractivity contribution in [3.63, 3.8) is 0 Å². The van der Waals surface area contributed by atoms with E-state index in [2.05, 4.69) is 36.0 Å². The zero-order valence-corrected chi connectivity index (χ0v) is 11.8. The van der Waals surface area contributed by atoms with Crippen LogP contribution in [0, 0.1) is 0 Å². The monoisotopic (exact) mass is 269 g/mol. The molecule has 0 aliphatic heterocycles. The molecule has 0 amide bonds. The van der Waals surface area contributed by atoms with Crippen LogP contribution >= 0.6 is 0 Å². The summed E-state index contributed by atoms with van der Waals surface area (Å²) in [5, 5.41) is 3.49. The number of aromatic nitrogens is 2. The number of nitrogens with zero attached hydrogens (tertiary/aromatic N) is 2. The van der Waals surface area contributed by atoms with Gasteiger partial charge < -0.3 is 14.3 Å². The van der Waals surface area contributed by atoms with E-state index in [1.165, 1.54) is 11.1 Å². The summed E-state index contributed by atoms with van der Waals surface area (Å²) in [5.41, 5.74) is 3.39. The highest BCUT2D eigenvalue weighted by Crippen LogP contribution is 2.21. The van der Waals surface area contributed by atoms with Gasteiger partial charge in [-0.05, 0) is 24.7 Å². The van der Waals surface area contributed by atoms with E-state index in [0.29, 0.717) is 0 Å². The van der Waals surface area contributed by atoms with Crippen molar-refractivity contribution in [2.75, 3.05) is 6.54 Å². The molecule has 0 saturated heterocycles. The summed E-state index contributed by atoms with van der Waals surface area (Å²) in [4.78, 5) is 4.74. The molecule has 1 aromatic carbocycles. The molecule has 0 fully saturated rings. The Bertz CT molecular complexity index is 685. The Balaban J connectivity index is 1.92. The van der Waals surface area contributed by atoms with Gasteiger partial charge in [0.15, 0.2) is 0 Å². The maximum Gasteiger partial charge on any atom is 0.111 e. The largest absolute Gasteiger partial charge is 0.472 e. The highest BCUT2D eigenvalue weighted by Gasteiger charge is 2.16. The van der Waals surface area contributed by atoms with Gasteiger partial charge in [0.2, 0.25) is 0 Å². The van der Waals surface area contributed by atoms with Gasteiger partial charge in [-0.15, -0.1) is 0 Å². The van der Waals surface area contributed by atoms with Gasteiger partial charge in [-0.1, -0.05) is 19.1 Å². The fourth-order valence-electron chi connectivity index (χ4n) is 2.59. The van der Waals surface area contributed by atoms with E-state index >= 15 is 0 Å². The van der Waals surface area contributed by atoms with Crippen LogP contribution in [0.4, 0.5) is 0 Å². The number of fused-ring (bicyclic) bond motifs is 1. The smallest absolute Gasteiger partial charge is 0.111 e. The zero-order valence-electron chi connectivity index (χ0n) is 11.8. The van der Waals surface area contributed by atoms with E-state index in [1.54, 1.807) is 12.5 Å². The van der Waals surface area contributed by atoms with Crippen molar-refractivity contribution in [1.82, 2.24) is 14.9 Å². The van der Waals surface area contributed by atoms with Gasteiger partial charge in [-0.3, -0.25) is 0 Å². The van der Waals surface area contributed by atoms with Crippen molar-refractivity contribution in [3.8, 4) is 0 Å². The minimum atomic E-state index is 0.231. The molecule has 0 bridgehead atoms. The molecule has 20 heavy (non-hydrogen) atoms. The second kappa shape index (κ2) is 5.51. The lowest BCUT2D eigenvalue weighted by molar-refractivity contribution is 0.513. The van der Waals surface area contributed by atoms with E-state index in [9.17, 15) is 0 Å². The van der Waals surface area contributed by atoms with Gasteiger partial charge in [-0.25, -0.2) is 4.98 Å². The fourth-order valence-corrected chi connectivity index (χ4v) is 2.59. The van der Waals surface area contributed by atoms with Crippen molar-refractivity contribution in [1.29, 1.82) is 0 Å². The van der Waals surface area contributed by atoms with E-state index in [1.807, 2.05) is 18.2 Å². The van der Waals surface area contributed by atoms with Crippen LogP contribution < -0.4 is 5.32 Å². The lowest BCUT2D eigenvalue weighted by Crippen LogP contribution is -2.23. The van der Waals surface area contributed by atoms with Crippen LogP contribution in [-0.4, -0.2) is 16.1 Å². The van der Waals surface area contributed by atoms with Gasteiger partial charge in [0.25, 0.3) is 0 Å². The summed E-state index contributed by atoms with van der Waals surface area (Å²) < 4.78 is 7.37. The van der Waals surface area contributed by atoms with Crippen molar-refractivity contribution < 1.29 is 4.42 Å². The molecule has 1 N–H and O–H groups in total. The Morgan fingerprint density at radius 1 is 1.30 bits per heavy atom. The zero-order chi connectivity index (χ0) is 13.9. The van der Waals surface area contributed by atoms with Crippen molar-refractivity contribution in [3.05, 3.63) is 54.2 Å². The average molecular weight is 269 g/mol. The van der Waals surface area contributed by atoms with Gasteiger partial charge in [0.1, 0.15) is 5.82 Å². The molecule has 104 valence electrons. The summed E-state index contributed by atoms with van der Waals surface area (Å²) >= 11 is 0. The van der Waals surface area contributed by atoms with Crippen LogP contribution in [0.1, 0.15) is 24.4 Å². The minimum absolute atomic E-state index is 0.231. The Labute approximate surface area is 118 Å². The second-order valence-corrected chi connectivity index (χ2v) is 4.95. The summed E-state index contributed by atoms with van der Waals surface area (Å²) in [6.07, 6.45) is 4.36. The first-order valence-corrected chi connectivity index (χ1v) is 6.95. The number of benzene rings is 1. The molecule has 4 nitrogen and oxygen atoms in total. The first kappa shape index (κ1) is 12.9. The molecular weight excluding hydrogens is 250 g/mol. The third-order valence-corrected chi connectivity index (χ3v) is 3.66. The lowest BCUT2D eigenvalue weighted by atomic mass is 10.1. The average Bonchev–Trinajstić information content (AvgIpc) is 3.08. The highest BCUT2D eigenvalue weighted by atomic mass is 16.3. The molecule has 0 radical (unpaired) electrons. The van der Waals surface area contributed by atoms with Crippen LogP contribution in [0.25, 0.3) is 11.0 Å². The second-order valence-electron chi connectivity index (χ2n) is 4.95. The molecule has 0 saturated carbocycles. The van der Waals surface area contributed by atoms with Gasteiger partial charge in [0.05, 0.1) is 23.6 Å². The number of rotatable bonds is 5. The van der Waals surface area contributed by atoms with Crippen LogP contribution in [0.15, 0.2) is 47.3 Å². The molecule has 3 rings (SSSR count). The molecule has 1 unspecified atom stereocenters. The summed E-state index contributed by atoms with van der Waals surface area (Å²) in [6.45, 7) is 3.03. The molecule has 2 aromatic heterocycles. The Hall–Kier alpha value is -2.07. The number of aryl methyl sites for hydroxylation is 1. The predicted octanol–water partition coefficient (Wildman–Crippen LogP) is 3.06. The van der Waals surface area contributed by atoms with E-state index in [-0.39, 0.29) is 6.04 Å². The highest BCUT2D eigenvalue weighted by molar-refractivity contribution is 5.75. The van der Waals surface area contributed by atoms with E-state index in [0.717, 1.165) is 24.3 Å². The number of para-hydroxylation sites is 2. The fraction of sp³-hybridized carbons (Fsp3) is 0.312. The normalized spacial score (nSPS) is 12.9. The topological polar surface area (TPSA) is 43.0 Å². The Kier molecular flexibility index (Phi) is 3.56. The molecule has 0 aliphatic rings. The maximum atomic E-state index is 5.20. The summed E-state index contributed by atoms with van der Waals surface area (Å²) in [7, 11) is 2.07. The van der Waals surface area contributed by atoms with Crippen LogP contribution in [0.2, 0.25) is 0 Å². The number of hydrogen-bond donors (Lipinski definition) is 1. The van der Waals surface area contributed by atoms with Gasteiger partial charge >= 0.3 is 0 Å². The van der Waals surface area contributed by atoms with Crippen molar-refractivity contribution >= 4 is 11.0 Å². The Morgan fingerprint density at radius 3 is 2.85 bits per heavy atom. The van der Waals surface area contributed by atoms with Crippen molar-refractivity contribution in [2.24, 2.45) is 7.05 Å². The molecule has 3 aromatic rings. The Morgan fingerprint density at radius 2 is 2.15 bits per heavy atom. The van der Waals surface area contributed by atoms with Crippen molar-refractivity contribution in [2.45, 2.75) is 19.4 Å². The number of furan rings is 1. The lowest BCUT2D eigenvalue weighted by Gasteiger charge is -2.16. The number of nitrogens with one attached hydrogen (secondary N) is 1. The first-order valence-electron chi connectivity index (χ1n) is 6.95. The van der Waals surface area contributed by atoms with E-state index < -0.39 is 0 Å². The minimum Gasteiger partial charge on any atom is -0.472 e. The number of likely N-dealkylation sites (N-methyl/N-ethyl adjacent to an activating group) is 1. The third kappa shape index (κ3) is 2.34. The summed E-state index contributed by atoms with van der Waals surface area (Å²) in [6, 6.07) is 10.5. The predicted molar refractivity (Wildman–Crippen MR) is 79.5 cm³/mol. The molecule has 0 aliphatic carbocycles. The van der Waals surface area contributed by atoms with Crippen LogP contribution in [0.3, 0.4) is 0 Å². The maximum absolute atomic E-state index is 5.20.